The molecule has 62 heavy (non-hydrogen) atoms. The van der Waals surface area contributed by atoms with Gasteiger partial charge in [-0.15, -0.1) is 0 Å². The highest BCUT2D eigenvalue weighted by Crippen LogP contribution is 2.37. The summed E-state index contributed by atoms with van der Waals surface area (Å²) in [5.74, 6) is 0. The van der Waals surface area contributed by atoms with E-state index >= 15 is 0 Å². The third-order valence-electron chi connectivity index (χ3n) is 11.5. The number of aryl methyl sites for hydroxylation is 4. The maximum absolute atomic E-state index is 2.31. The number of benzene rings is 9. The van der Waals surface area contributed by atoms with Crippen molar-refractivity contribution >= 4 is 46.3 Å². The van der Waals surface area contributed by atoms with E-state index in [4.69, 9.17) is 0 Å². The van der Waals surface area contributed by atoms with Crippen LogP contribution < -0.4 is 20.2 Å². The molecule has 0 atom stereocenters. The third kappa shape index (κ3) is 9.21. The molecule has 0 saturated heterocycles. The van der Waals surface area contributed by atoms with Gasteiger partial charge in [-0.25, -0.2) is 0 Å². The van der Waals surface area contributed by atoms with Gasteiger partial charge in [0.1, 0.15) is 0 Å². The van der Waals surface area contributed by atoms with Crippen LogP contribution in [0.15, 0.2) is 218 Å². The van der Waals surface area contributed by atoms with Crippen LogP contribution in [0.5, 0.6) is 0 Å². The van der Waals surface area contributed by atoms with E-state index in [0.29, 0.717) is 0 Å². The summed E-state index contributed by atoms with van der Waals surface area (Å²) in [5, 5.41) is 2.35. The van der Waals surface area contributed by atoms with Gasteiger partial charge in [-0.05, 0) is 156 Å². The standard InChI is InChI=1S/C60H50N2/c1-43-5-29-55(30-6-43)61(56-31-7-44(2)8-32-56)59-37-25-53(26-38-59)51-21-17-49(18-22-51)41-47-13-15-48(16-14-47)42-50-19-23-52(24-20-50)54-27-39-60(40-28-54)62(57-33-9-45(3)10-34-57)58-35-11-46(4)12-36-58/h5-42H,1-4H3. The van der Waals surface area contributed by atoms with Gasteiger partial charge >= 0.3 is 0 Å². The molecule has 0 aliphatic carbocycles. The fraction of sp³-hybridized carbons (Fsp3) is 0.0667. The summed E-state index contributed by atoms with van der Waals surface area (Å²) in [6, 6.07) is 79.1. The van der Waals surface area contributed by atoms with Crippen LogP contribution >= 0.6 is 0 Å². The predicted molar refractivity (Wildman–Crippen MR) is 265 cm³/mol. The fourth-order valence-corrected chi connectivity index (χ4v) is 7.89. The normalized spacial score (nSPS) is 10.9. The molecule has 0 aromatic heterocycles. The molecule has 9 rings (SSSR count). The molecule has 2 heteroatoms. The quantitative estimate of drug-likeness (QED) is 0.136. The number of rotatable bonds is 10. The second-order valence-corrected chi connectivity index (χ2v) is 16.3. The zero-order chi connectivity index (χ0) is 42.4. The van der Waals surface area contributed by atoms with Gasteiger partial charge in [0.25, 0.3) is 0 Å². The molecular formula is C60H50N2. The largest absolute Gasteiger partial charge is 0.311 e. The number of nitrogens with zero attached hydrogens (tertiary/aromatic N) is 2. The van der Waals surface area contributed by atoms with Gasteiger partial charge in [0.2, 0.25) is 0 Å². The van der Waals surface area contributed by atoms with Crippen molar-refractivity contribution in [1.29, 1.82) is 0 Å². The fourth-order valence-electron chi connectivity index (χ4n) is 7.89. The van der Waals surface area contributed by atoms with Crippen molar-refractivity contribution in [1.82, 2.24) is 0 Å². The van der Waals surface area contributed by atoms with Gasteiger partial charge in [-0.2, -0.15) is 0 Å². The third-order valence-corrected chi connectivity index (χ3v) is 11.5. The van der Waals surface area contributed by atoms with Crippen LogP contribution in [0.3, 0.4) is 0 Å². The summed E-state index contributed by atoms with van der Waals surface area (Å²) < 4.78 is 0. The average molecular weight is 799 g/mol. The van der Waals surface area contributed by atoms with Crippen molar-refractivity contribution in [2.75, 3.05) is 9.80 Å². The topological polar surface area (TPSA) is 6.48 Å². The Bertz CT molecular complexity index is 2690. The van der Waals surface area contributed by atoms with E-state index in [0.717, 1.165) is 34.1 Å². The smallest absolute Gasteiger partial charge is 0.0462 e. The first kappa shape index (κ1) is 39.8. The molecule has 0 bridgehead atoms. The Morgan fingerprint density at radius 1 is 0.226 bits per heavy atom. The summed E-state index contributed by atoms with van der Waals surface area (Å²) >= 11 is 0. The minimum Gasteiger partial charge on any atom is -0.311 e. The van der Waals surface area contributed by atoms with Gasteiger partial charge in [-0.3, -0.25) is 0 Å². The molecule has 0 N–H and O–H groups in total. The molecule has 9 aromatic rings. The highest BCUT2D eigenvalue weighted by molar-refractivity contribution is 5.80. The summed E-state index contributed by atoms with van der Waals surface area (Å²) in [7, 11) is 0. The summed E-state index contributed by atoms with van der Waals surface area (Å²) in [6.07, 6.45) is 4.47. The lowest BCUT2D eigenvalue weighted by atomic mass is 10.0. The van der Waals surface area contributed by atoms with E-state index in [1.165, 1.54) is 66.1 Å². The molecule has 0 fully saturated rings. The molecule has 0 amide bonds. The Hall–Kier alpha value is -7.68. The lowest BCUT2D eigenvalue weighted by molar-refractivity contribution is 1.27. The Balaban J connectivity index is 0.868. The molecule has 0 saturated carbocycles. The first-order valence-electron chi connectivity index (χ1n) is 21.4. The van der Waals surface area contributed by atoms with Crippen LogP contribution in [-0.4, -0.2) is 0 Å². The van der Waals surface area contributed by atoms with Crippen LogP contribution in [0, 0.1) is 27.7 Å². The van der Waals surface area contributed by atoms with E-state index in [2.05, 4.69) is 268 Å². The molecule has 0 heterocycles. The molecule has 0 unspecified atom stereocenters. The van der Waals surface area contributed by atoms with Crippen LogP contribution in [0.4, 0.5) is 34.1 Å². The van der Waals surface area contributed by atoms with Crippen molar-refractivity contribution in [3.05, 3.63) is 262 Å². The summed E-state index contributed by atoms with van der Waals surface area (Å²) in [4.78, 5) is 4.63. The Kier molecular flexibility index (Phi) is 11.5. The van der Waals surface area contributed by atoms with E-state index in [1.807, 2.05) is 0 Å². The highest BCUT2D eigenvalue weighted by Gasteiger charge is 2.14. The minimum atomic E-state index is 1.13. The molecular weight excluding hydrogens is 749 g/mol. The Morgan fingerprint density at radius 2 is 0.419 bits per heavy atom. The highest BCUT2D eigenvalue weighted by atomic mass is 15.1. The lowest BCUT2D eigenvalue weighted by Gasteiger charge is -2.26. The second-order valence-electron chi connectivity index (χ2n) is 16.3. The Labute approximate surface area is 366 Å². The first-order chi connectivity index (χ1) is 30.3. The zero-order valence-corrected chi connectivity index (χ0v) is 35.8. The maximum atomic E-state index is 2.31. The number of hydrogen-bond donors (Lipinski definition) is 0. The van der Waals surface area contributed by atoms with Crippen molar-refractivity contribution in [2.24, 2.45) is 0 Å². The van der Waals surface area contributed by atoms with Gasteiger partial charge in [0.15, 0.2) is 0 Å². The molecule has 300 valence electrons. The number of hydrogen-bond acceptors (Lipinski definition) is 2. The van der Waals surface area contributed by atoms with Gasteiger partial charge in [0.05, 0.1) is 0 Å². The summed E-state index contributed by atoms with van der Waals surface area (Å²) in [5.41, 5.74) is 19.0. The SMILES string of the molecule is Cc1ccc(N(c2ccc(C)cc2)c2ccc(-c3ccc(C=c4ccc(=Cc5ccc(-c6ccc(N(c7ccc(C)cc7)c7ccc(C)cc7)cc6)cc5)cc4)cc3)cc2)cc1. The monoisotopic (exact) mass is 798 g/mol. The lowest BCUT2D eigenvalue weighted by Crippen LogP contribution is -2.09. The predicted octanol–water partition coefficient (Wildman–Crippen LogP) is 14.9. The van der Waals surface area contributed by atoms with Crippen molar-refractivity contribution in [3.8, 4) is 22.3 Å². The minimum absolute atomic E-state index is 1.13. The van der Waals surface area contributed by atoms with Crippen LogP contribution in [0.1, 0.15) is 33.4 Å². The zero-order valence-electron chi connectivity index (χ0n) is 35.8. The molecule has 0 radical (unpaired) electrons. The maximum Gasteiger partial charge on any atom is 0.0462 e. The van der Waals surface area contributed by atoms with Crippen LogP contribution in [-0.2, 0) is 0 Å². The molecule has 0 aliphatic heterocycles. The van der Waals surface area contributed by atoms with E-state index < -0.39 is 0 Å². The van der Waals surface area contributed by atoms with Gasteiger partial charge < -0.3 is 9.80 Å². The summed E-state index contributed by atoms with van der Waals surface area (Å²) in [6.45, 7) is 8.51. The van der Waals surface area contributed by atoms with Crippen molar-refractivity contribution in [2.45, 2.75) is 27.7 Å². The van der Waals surface area contributed by atoms with Gasteiger partial charge in [0, 0.05) is 34.1 Å². The molecule has 9 aromatic carbocycles. The average Bonchev–Trinajstić information content (AvgIpc) is 3.31. The van der Waals surface area contributed by atoms with E-state index in [1.54, 1.807) is 0 Å². The van der Waals surface area contributed by atoms with Crippen LogP contribution in [0.25, 0.3) is 34.4 Å². The second kappa shape index (κ2) is 17.9. The van der Waals surface area contributed by atoms with E-state index in [-0.39, 0.29) is 0 Å². The van der Waals surface area contributed by atoms with Crippen molar-refractivity contribution < 1.29 is 0 Å². The molecule has 0 spiro atoms. The Morgan fingerprint density at radius 3 is 0.645 bits per heavy atom. The van der Waals surface area contributed by atoms with Gasteiger partial charge in [-0.1, -0.05) is 168 Å². The molecule has 2 nitrogen and oxygen atoms in total. The van der Waals surface area contributed by atoms with Crippen molar-refractivity contribution in [3.63, 3.8) is 0 Å². The molecule has 0 aliphatic rings. The first-order valence-corrected chi connectivity index (χ1v) is 21.4. The van der Waals surface area contributed by atoms with Crippen LogP contribution in [0.2, 0.25) is 0 Å². The number of anilines is 6. The van der Waals surface area contributed by atoms with E-state index in [9.17, 15) is 0 Å².